The van der Waals surface area contributed by atoms with Gasteiger partial charge in [-0.3, -0.25) is 4.79 Å². The molecule has 0 aliphatic rings. The lowest BCUT2D eigenvalue weighted by atomic mass is 10.2. The first-order valence-corrected chi connectivity index (χ1v) is 6.10. The van der Waals surface area contributed by atoms with Crippen molar-refractivity contribution >= 4 is 16.8 Å². The van der Waals surface area contributed by atoms with Crippen LogP contribution in [0.25, 0.3) is 10.9 Å². The molecule has 1 N–H and O–H groups in total. The second-order valence-corrected chi connectivity index (χ2v) is 4.24. The molecule has 3 heteroatoms. The summed E-state index contributed by atoms with van der Waals surface area (Å²) in [6.07, 6.45) is 1.84. The number of nitrogens with one attached hydrogen (secondary N) is 1. The molecule has 3 aromatic rings. The lowest BCUT2D eigenvalue weighted by Crippen LogP contribution is -2.48. The van der Waals surface area contributed by atoms with Crippen molar-refractivity contribution in [3.05, 3.63) is 78.5 Å². The van der Waals surface area contributed by atoms with E-state index in [-0.39, 0.29) is 5.91 Å². The number of benzene rings is 2. The van der Waals surface area contributed by atoms with E-state index in [0.717, 1.165) is 10.9 Å². The third-order valence-corrected chi connectivity index (χ3v) is 2.97. The third kappa shape index (κ3) is 2.31. The normalized spacial score (nSPS) is 10.3. The van der Waals surface area contributed by atoms with Gasteiger partial charge < -0.3 is 0 Å². The summed E-state index contributed by atoms with van der Waals surface area (Å²) in [4.78, 5) is 12.1. The number of amides is 1. The van der Waals surface area contributed by atoms with Gasteiger partial charge in [-0.25, -0.2) is 0 Å². The molecule has 0 saturated heterocycles. The average molecular weight is 249 g/mol. The number of carbonyl (C=O) groups is 1. The van der Waals surface area contributed by atoms with Gasteiger partial charge in [-0.05, 0) is 24.3 Å². The highest BCUT2D eigenvalue weighted by Gasteiger charge is 2.13. The minimum Gasteiger partial charge on any atom is -0.264 e. The maximum atomic E-state index is 12.1. The Hall–Kier alpha value is -2.68. The number of aromatic nitrogens is 1. The SMILES string of the molecule is O=C(N[n+]1cccc2ccccc21)c1ccccc1. The van der Waals surface area contributed by atoms with Crippen LogP contribution < -0.4 is 10.1 Å². The van der Waals surface area contributed by atoms with Crippen molar-refractivity contribution in [2.75, 3.05) is 5.43 Å². The first kappa shape index (κ1) is 11.4. The highest BCUT2D eigenvalue weighted by atomic mass is 16.2. The van der Waals surface area contributed by atoms with Gasteiger partial charge in [0.2, 0.25) is 11.7 Å². The van der Waals surface area contributed by atoms with Gasteiger partial charge >= 0.3 is 5.91 Å². The first-order valence-electron chi connectivity index (χ1n) is 6.10. The van der Waals surface area contributed by atoms with Crippen LogP contribution in [-0.4, -0.2) is 5.91 Å². The van der Waals surface area contributed by atoms with Crippen LogP contribution in [0.15, 0.2) is 72.9 Å². The average Bonchev–Trinajstić information content (AvgIpc) is 2.48. The zero-order chi connectivity index (χ0) is 13.1. The molecule has 2 aromatic carbocycles. The standard InChI is InChI=1S/C16H12N2O/c19-16(14-8-2-1-3-9-14)17-18-12-6-10-13-7-4-5-11-15(13)18/h1-12H/p+1. The fraction of sp³-hybridized carbons (Fsp3) is 0. The molecule has 0 aliphatic carbocycles. The molecule has 19 heavy (non-hydrogen) atoms. The van der Waals surface area contributed by atoms with E-state index in [0.29, 0.717) is 5.56 Å². The summed E-state index contributed by atoms with van der Waals surface area (Å²) in [5.74, 6) is -0.123. The fourth-order valence-electron chi connectivity index (χ4n) is 2.02. The van der Waals surface area contributed by atoms with E-state index >= 15 is 0 Å². The van der Waals surface area contributed by atoms with Crippen molar-refractivity contribution in [3.8, 4) is 0 Å². The number of nitrogens with zero attached hydrogens (tertiary/aromatic N) is 1. The van der Waals surface area contributed by atoms with E-state index in [4.69, 9.17) is 0 Å². The molecule has 0 saturated carbocycles. The van der Waals surface area contributed by atoms with E-state index in [2.05, 4.69) is 5.43 Å². The molecular weight excluding hydrogens is 236 g/mol. The first-order chi connectivity index (χ1) is 9.34. The Morgan fingerprint density at radius 3 is 2.37 bits per heavy atom. The number of rotatable bonds is 2. The summed E-state index contributed by atoms with van der Waals surface area (Å²) in [5.41, 5.74) is 4.49. The number of hydrogen-bond donors (Lipinski definition) is 1. The Morgan fingerprint density at radius 2 is 1.53 bits per heavy atom. The van der Waals surface area contributed by atoms with Crippen LogP contribution in [0.1, 0.15) is 10.4 Å². The van der Waals surface area contributed by atoms with Crippen LogP contribution in [0, 0.1) is 0 Å². The molecule has 3 nitrogen and oxygen atoms in total. The van der Waals surface area contributed by atoms with Crippen LogP contribution in [0.4, 0.5) is 0 Å². The minimum atomic E-state index is -0.123. The molecule has 92 valence electrons. The van der Waals surface area contributed by atoms with E-state index in [9.17, 15) is 4.79 Å². The van der Waals surface area contributed by atoms with Crippen molar-refractivity contribution in [1.29, 1.82) is 0 Å². The van der Waals surface area contributed by atoms with Gasteiger partial charge in [0, 0.05) is 23.1 Å². The third-order valence-electron chi connectivity index (χ3n) is 2.97. The van der Waals surface area contributed by atoms with Crippen molar-refractivity contribution < 1.29 is 9.47 Å². The molecule has 3 rings (SSSR count). The molecule has 0 spiro atoms. The van der Waals surface area contributed by atoms with Gasteiger partial charge in [0.15, 0.2) is 0 Å². The predicted molar refractivity (Wildman–Crippen MR) is 74.3 cm³/mol. The topological polar surface area (TPSA) is 33.0 Å². The fourth-order valence-corrected chi connectivity index (χ4v) is 2.02. The number of carbonyl (C=O) groups excluding carboxylic acids is 1. The highest BCUT2D eigenvalue weighted by Crippen LogP contribution is 2.07. The monoisotopic (exact) mass is 249 g/mol. The van der Waals surface area contributed by atoms with Gasteiger partial charge in [-0.1, -0.05) is 35.0 Å². The zero-order valence-electron chi connectivity index (χ0n) is 10.3. The van der Waals surface area contributed by atoms with Crippen molar-refractivity contribution in [2.45, 2.75) is 0 Å². The lowest BCUT2D eigenvalue weighted by Gasteiger charge is -2.02. The van der Waals surface area contributed by atoms with Crippen molar-refractivity contribution in [1.82, 2.24) is 0 Å². The van der Waals surface area contributed by atoms with E-state index in [1.165, 1.54) is 0 Å². The molecular formula is C16H13N2O+. The summed E-state index contributed by atoms with van der Waals surface area (Å²) in [6.45, 7) is 0. The van der Waals surface area contributed by atoms with E-state index in [1.54, 1.807) is 16.8 Å². The second kappa shape index (κ2) is 4.90. The van der Waals surface area contributed by atoms with Crippen molar-refractivity contribution in [2.24, 2.45) is 0 Å². The van der Waals surface area contributed by atoms with E-state index < -0.39 is 0 Å². The summed E-state index contributed by atoms with van der Waals surface area (Å²) in [5, 5.41) is 1.08. The molecule has 1 heterocycles. The van der Waals surface area contributed by atoms with Crippen LogP contribution in [0.5, 0.6) is 0 Å². The predicted octanol–water partition coefficient (Wildman–Crippen LogP) is 2.51. The quantitative estimate of drug-likeness (QED) is 0.695. The molecule has 0 bridgehead atoms. The molecule has 0 aliphatic heterocycles. The molecule has 1 aromatic heterocycles. The number of pyridine rings is 1. The Bertz CT molecular complexity index is 718. The lowest BCUT2D eigenvalue weighted by molar-refractivity contribution is -0.614. The number of hydrogen-bond acceptors (Lipinski definition) is 1. The number of fused-ring (bicyclic) bond motifs is 1. The maximum absolute atomic E-state index is 12.1. The second-order valence-electron chi connectivity index (χ2n) is 4.24. The summed E-state index contributed by atoms with van der Waals surface area (Å²) in [7, 11) is 0. The largest absolute Gasteiger partial charge is 0.305 e. The van der Waals surface area contributed by atoms with Crippen LogP contribution in [0.3, 0.4) is 0 Å². The van der Waals surface area contributed by atoms with E-state index in [1.807, 2.05) is 60.8 Å². The van der Waals surface area contributed by atoms with Crippen LogP contribution in [0.2, 0.25) is 0 Å². The van der Waals surface area contributed by atoms with Crippen LogP contribution in [-0.2, 0) is 0 Å². The Morgan fingerprint density at radius 1 is 0.842 bits per heavy atom. The Kier molecular flexibility index (Phi) is 2.94. The van der Waals surface area contributed by atoms with Crippen molar-refractivity contribution in [3.63, 3.8) is 0 Å². The van der Waals surface area contributed by atoms with Gasteiger partial charge in [-0.15, -0.1) is 5.43 Å². The van der Waals surface area contributed by atoms with Crippen LogP contribution >= 0.6 is 0 Å². The summed E-state index contributed by atoms with van der Waals surface area (Å²) >= 11 is 0. The zero-order valence-corrected chi connectivity index (χ0v) is 10.3. The Balaban J connectivity index is 1.96. The molecule has 0 atom stereocenters. The summed E-state index contributed by atoms with van der Waals surface area (Å²) in [6, 6.07) is 21.0. The minimum absolute atomic E-state index is 0.123. The maximum Gasteiger partial charge on any atom is 0.305 e. The molecule has 0 fully saturated rings. The molecule has 0 unspecified atom stereocenters. The van der Waals surface area contributed by atoms with Gasteiger partial charge in [0.25, 0.3) is 0 Å². The molecule has 0 radical (unpaired) electrons. The Labute approximate surface area is 111 Å². The van der Waals surface area contributed by atoms with Gasteiger partial charge in [0.1, 0.15) is 0 Å². The smallest absolute Gasteiger partial charge is 0.264 e. The van der Waals surface area contributed by atoms with Gasteiger partial charge in [0.05, 0.1) is 0 Å². The highest BCUT2D eigenvalue weighted by molar-refractivity contribution is 5.99. The number of para-hydroxylation sites is 1. The van der Waals surface area contributed by atoms with Gasteiger partial charge in [-0.2, -0.15) is 0 Å². The molecule has 1 amide bonds. The summed E-state index contributed by atoms with van der Waals surface area (Å²) < 4.78 is 1.74.